The summed E-state index contributed by atoms with van der Waals surface area (Å²) in [5.41, 5.74) is 5.00. The number of carbonyl (C=O) groups excluding carboxylic acids is 1. The molecule has 0 unspecified atom stereocenters. The molecule has 21 heavy (non-hydrogen) atoms. The summed E-state index contributed by atoms with van der Waals surface area (Å²) < 4.78 is 0.985. The van der Waals surface area contributed by atoms with Gasteiger partial charge in [0.15, 0.2) is 0 Å². The molecule has 1 amide bonds. The molecular formula is C15H14IN3O2. The Morgan fingerprint density at radius 1 is 1.38 bits per heavy atom. The third-order valence-electron chi connectivity index (χ3n) is 2.84. The van der Waals surface area contributed by atoms with Gasteiger partial charge < -0.3 is 5.11 Å². The summed E-state index contributed by atoms with van der Waals surface area (Å²) in [6, 6.07) is 7.09. The van der Waals surface area contributed by atoms with Crippen molar-refractivity contribution in [3.8, 4) is 5.75 Å². The fraction of sp³-hybridized carbons (Fsp3) is 0.133. The topological polar surface area (TPSA) is 74.6 Å². The molecule has 1 aromatic heterocycles. The highest BCUT2D eigenvalue weighted by Crippen LogP contribution is 2.23. The fourth-order valence-corrected chi connectivity index (χ4v) is 2.49. The van der Waals surface area contributed by atoms with Crippen LogP contribution in [0.15, 0.2) is 35.6 Å². The number of carbonyl (C=O) groups is 1. The molecule has 0 atom stereocenters. The van der Waals surface area contributed by atoms with Crippen LogP contribution in [0.5, 0.6) is 5.75 Å². The number of pyridine rings is 1. The number of aromatic hydroxyl groups is 1. The monoisotopic (exact) mass is 395 g/mol. The van der Waals surface area contributed by atoms with Crippen molar-refractivity contribution in [2.45, 2.75) is 13.8 Å². The average molecular weight is 395 g/mol. The highest BCUT2D eigenvalue weighted by atomic mass is 127. The van der Waals surface area contributed by atoms with Gasteiger partial charge in [0, 0.05) is 21.0 Å². The summed E-state index contributed by atoms with van der Waals surface area (Å²) in [6.07, 6.45) is 2.91. The number of benzene rings is 1. The van der Waals surface area contributed by atoms with Gasteiger partial charge in [-0.05, 0) is 66.3 Å². The van der Waals surface area contributed by atoms with E-state index in [1.807, 2.05) is 19.9 Å². The van der Waals surface area contributed by atoms with E-state index in [0.29, 0.717) is 11.1 Å². The second-order valence-electron chi connectivity index (χ2n) is 4.55. The lowest BCUT2D eigenvalue weighted by Crippen LogP contribution is -2.17. The number of aryl methyl sites for hydroxylation is 2. The molecule has 0 bridgehead atoms. The minimum absolute atomic E-state index is 0.158. The van der Waals surface area contributed by atoms with Gasteiger partial charge in [0.2, 0.25) is 0 Å². The zero-order chi connectivity index (χ0) is 15.4. The number of hydrazone groups is 1. The Labute approximate surface area is 136 Å². The molecule has 0 radical (unpaired) electrons. The zero-order valence-electron chi connectivity index (χ0n) is 11.6. The van der Waals surface area contributed by atoms with E-state index >= 15 is 0 Å². The summed E-state index contributed by atoms with van der Waals surface area (Å²) in [4.78, 5) is 15.9. The van der Waals surface area contributed by atoms with Crippen molar-refractivity contribution in [3.63, 3.8) is 0 Å². The van der Waals surface area contributed by atoms with Gasteiger partial charge >= 0.3 is 0 Å². The minimum atomic E-state index is -0.347. The molecule has 2 rings (SSSR count). The lowest BCUT2D eigenvalue weighted by Gasteiger charge is -2.04. The van der Waals surface area contributed by atoms with Gasteiger partial charge in [-0.3, -0.25) is 9.78 Å². The normalized spacial score (nSPS) is 10.8. The second-order valence-corrected chi connectivity index (χ2v) is 5.79. The number of nitrogens with zero attached hydrogens (tertiary/aromatic N) is 2. The van der Waals surface area contributed by atoms with Gasteiger partial charge in [0.05, 0.1) is 11.8 Å². The van der Waals surface area contributed by atoms with E-state index in [9.17, 15) is 9.90 Å². The van der Waals surface area contributed by atoms with Crippen molar-refractivity contribution in [1.82, 2.24) is 10.4 Å². The molecule has 0 aliphatic rings. The maximum absolute atomic E-state index is 11.8. The molecule has 1 aromatic carbocycles. The zero-order valence-corrected chi connectivity index (χ0v) is 13.7. The number of amides is 1. The van der Waals surface area contributed by atoms with Crippen LogP contribution in [0.1, 0.15) is 27.2 Å². The number of nitrogens with one attached hydrogen (secondary N) is 1. The van der Waals surface area contributed by atoms with Crippen LogP contribution in [0.25, 0.3) is 0 Å². The fourth-order valence-electron chi connectivity index (χ4n) is 1.69. The number of phenolic OH excluding ortho intramolecular Hbond substituents is 1. The predicted octanol–water partition coefficient (Wildman–Crippen LogP) is 2.77. The highest BCUT2D eigenvalue weighted by molar-refractivity contribution is 14.1. The van der Waals surface area contributed by atoms with Crippen LogP contribution < -0.4 is 5.43 Å². The first-order valence-electron chi connectivity index (χ1n) is 6.22. The lowest BCUT2D eigenvalue weighted by molar-refractivity contribution is 0.0954. The maximum Gasteiger partial charge on any atom is 0.272 e. The summed E-state index contributed by atoms with van der Waals surface area (Å²) in [7, 11) is 0. The van der Waals surface area contributed by atoms with Crippen LogP contribution in [0.4, 0.5) is 0 Å². The van der Waals surface area contributed by atoms with Gasteiger partial charge in [0.1, 0.15) is 5.75 Å². The van der Waals surface area contributed by atoms with Gasteiger partial charge in [0.25, 0.3) is 5.91 Å². The molecule has 0 saturated heterocycles. The van der Waals surface area contributed by atoms with Crippen molar-refractivity contribution in [2.24, 2.45) is 5.10 Å². The Morgan fingerprint density at radius 3 is 2.81 bits per heavy atom. The molecule has 108 valence electrons. The molecule has 0 aliphatic carbocycles. The molecule has 0 fully saturated rings. The third kappa shape index (κ3) is 4.01. The minimum Gasteiger partial charge on any atom is -0.507 e. The number of aromatic nitrogens is 1. The van der Waals surface area contributed by atoms with E-state index in [1.54, 1.807) is 18.2 Å². The number of rotatable bonds is 3. The largest absolute Gasteiger partial charge is 0.507 e. The maximum atomic E-state index is 11.8. The van der Waals surface area contributed by atoms with Crippen LogP contribution in [0.3, 0.4) is 0 Å². The lowest BCUT2D eigenvalue weighted by atomic mass is 10.1. The van der Waals surface area contributed by atoms with E-state index in [-0.39, 0.29) is 11.7 Å². The Morgan fingerprint density at radius 2 is 2.14 bits per heavy atom. The van der Waals surface area contributed by atoms with Crippen LogP contribution in [-0.4, -0.2) is 22.2 Å². The van der Waals surface area contributed by atoms with Crippen molar-refractivity contribution >= 4 is 34.7 Å². The van der Waals surface area contributed by atoms with Gasteiger partial charge in [-0.1, -0.05) is 0 Å². The quantitative estimate of drug-likeness (QED) is 0.477. The molecule has 0 saturated carbocycles. The molecule has 2 aromatic rings. The first-order chi connectivity index (χ1) is 9.97. The summed E-state index contributed by atoms with van der Waals surface area (Å²) in [5.74, 6) is -0.189. The molecule has 0 aliphatic heterocycles. The molecule has 2 N–H and O–H groups in total. The molecule has 1 heterocycles. The third-order valence-corrected chi connectivity index (χ3v) is 3.46. The van der Waals surface area contributed by atoms with E-state index in [4.69, 9.17) is 0 Å². The van der Waals surface area contributed by atoms with Crippen LogP contribution in [0, 0.1) is 17.4 Å². The summed E-state index contributed by atoms with van der Waals surface area (Å²) in [5, 5.41) is 13.8. The first kappa shape index (κ1) is 15.4. The standard InChI is InChI=1S/C15H14IN3O2/c1-9-5-13(16)6-12(14(9)20)8-18-19-15(21)11-4-3-10(2)17-7-11/h3-8,20H,1-2H3,(H,19,21). The average Bonchev–Trinajstić information content (AvgIpc) is 2.44. The first-order valence-corrected chi connectivity index (χ1v) is 7.30. The molecular weight excluding hydrogens is 381 g/mol. The van der Waals surface area contributed by atoms with E-state index in [2.05, 4.69) is 38.1 Å². The predicted molar refractivity (Wildman–Crippen MR) is 89.6 cm³/mol. The molecule has 6 heteroatoms. The van der Waals surface area contributed by atoms with Gasteiger partial charge in [-0.15, -0.1) is 0 Å². The van der Waals surface area contributed by atoms with Gasteiger partial charge in [-0.25, -0.2) is 5.43 Å². The Bertz CT molecular complexity index is 697. The molecule has 5 nitrogen and oxygen atoms in total. The van der Waals surface area contributed by atoms with Crippen molar-refractivity contribution in [2.75, 3.05) is 0 Å². The van der Waals surface area contributed by atoms with Crippen molar-refractivity contribution in [3.05, 3.63) is 56.4 Å². The Kier molecular flexibility index (Phi) is 4.89. The number of hydrogen-bond acceptors (Lipinski definition) is 4. The van der Waals surface area contributed by atoms with Gasteiger partial charge in [-0.2, -0.15) is 5.10 Å². The van der Waals surface area contributed by atoms with E-state index in [1.165, 1.54) is 12.4 Å². The second kappa shape index (κ2) is 6.66. The smallest absolute Gasteiger partial charge is 0.272 e. The van der Waals surface area contributed by atoms with Crippen molar-refractivity contribution < 1.29 is 9.90 Å². The summed E-state index contributed by atoms with van der Waals surface area (Å²) >= 11 is 2.16. The number of hydrogen-bond donors (Lipinski definition) is 2. The molecule has 0 spiro atoms. The summed E-state index contributed by atoms with van der Waals surface area (Å²) in [6.45, 7) is 3.66. The Balaban J connectivity index is 2.09. The van der Waals surface area contributed by atoms with Crippen LogP contribution in [0.2, 0.25) is 0 Å². The Hall–Kier alpha value is -1.96. The number of halogens is 1. The van der Waals surface area contributed by atoms with E-state index in [0.717, 1.165) is 14.8 Å². The van der Waals surface area contributed by atoms with E-state index < -0.39 is 0 Å². The van der Waals surface area contributed by atoms with Crippen LogP contribution >= 0.6 is 22.6 Å². The van der Waals surface area contributed by atoms with Crippen molar-refractivity contribution in [1.29, 1.82) is 0 Å². The number of phenols is 1. The SMILES string of the molecule is Cc1ccc(C(=O)NN=Cc2cc(I)cc(C)c2O)cn1. The highest BCUT2D eigenvalue weighted by Gasteiger charge is 2.06. The van der Waals surface area contributed by atoms with Crippen LogP contribution in [-0.2, 0) is 0 Å².